The molecule has 0 bridgehead atoms. The number of halogens is 1. The first-order valence-electron chi connectivity index (χ1n) is 11.0. The summed E-state index contributed by atoms with van der Waals surface area (Å²) in [5.74, 6) is 2.49. The van der Waals surface area contributed by atoms with Gasteiger partial charge in [-0.05, 0) is 59.7 Å². The molecule has 1 amide bonds. The summed E-state index contributed by atoms with van der Waals surface area (Å²) in [5, 5.41) is 0. The molecule has 0 aromatic heterocycles. The second kappa shape index (κ2) is 9.85. The maximum Gasteiger partial charge on any atom is 0.253 e. The summed E-state index contributed by atoms with van der Waals surface area (Å²) in [6.07, 6.45) is 0. The first-order chi connectivity index (χ1) is 16.1. The Hall–Kier alpha value is -3.03. The Morgan fingerprint density at radius 3 is 2.48 bits per heavy atom. The Morgan fingerprint density at radius 2 is 1.67 bits per heavy atom. The molecular formula is C26H25BrN2O4. The van der Waals surface area contributed by atoms with Gasteiger partial charge in [0.05, 0.1) is 0 Å². The first kappa shape index (κ1) is 21.8. The third kappa shape index (κ3) is 5.31. The van der Waals surface area contributed by atoms with Gasteiger partial charge in [-0.15, -0.1) is 0 Å². The van der Waals surface area contributed by atoms with Crippen molar-refractivity contribution in [1.82, 2.24) is 9.80 Å². The van der Waals surface area contributed by atoms with Gasteiger partial charge in [-0.3, -0.25) is 9.69 Å². The van der Waals surface area contributed by atoms with Crippen LogP contribution in [0.3, 0.4) is 0 Å². The lowest BCUT2D eigenvalue weighted by Gasteiger charge is -2.34. The fraction of sp³-hybridized carbons (Fsp3) is 0.269. The highest BCUT2D eigenvalue weighted by Crippen LogP contribution is 2.33. The van der Waals surface area contributed by atoms with Crippen LogP contribution in [0, 0.1) is 0 Å². The molecule has 0 radical (unpaired) electrons. The van der Waals surface area contributed by atoms with E-state index in [0.717, 1.165) is 46.9 Å². The third-order valence-corrected chi connectivity index (χ3v) is 6.42. The molecule has 3 aromatic carbocycles. The van der Waals surface area contributed by atoms with Gasteiger partial charge in [0.2, 0.25) is 6.79 Å². The minimum atomic E-state index is 0.0724. The summed E-state index contributed by atoms with van der Waals surface area (Å²) in [4.78, 5) is 17.4. The maximum atomic E-state index is 13.1. The molecule has 0 atom stereocenters. The zero-order chi connectivity index (χ0) is 22.6. The molecule has 2 heterocycles. The molecule has 170 valence electrons. The van der Waals surface area contributed by atoms with Crippen LogP contribution in [-0.2, 0) is 13.2 Å². The number of hydrogen-bond acceptors (Lipinski definition) is 5. The van der Waals surface area contributed by atoms with Crippen molar-refractivity contribution in [3.63, 3.8) is 0 Å². The van der Waals surface area contributed by atoms with Crippen LogP contribution < -0.4 is 14.2 Å². The van der Waals surface area contributed by atoms with Crippen molar-refractivity contribution in [2.75, 3.05) is 33.0 Å². The zero-order valence-corrected chi connectivity index (χ0v) is 19.8. The number of fused-ring (bicyclic) bond motifs is 1. The van der Waals surface area contributed by atoms with Gasteiger partial charge in [0.25, 0.3) is 5.91 Å². The SMILES string of the molecule is O=C(c1cccc(COc2ccc(Br)cc2)c1)N1CCN(Cc2ccc3c(c2)OCO3)CC1. The van der Waals surface area contributed by atoms with Crippen molar-refractivity contribution in [3.05, 3.63) is 87.9 Å². The Bertz CT molecular complexity index is 1130. The molecule has 7 heteroatoms. The smallest absolute Gasteiger partial charge is 0.253 e. The molecule has 0 aliphatic carbocycles. The van der Waals surface area contributed by atoms with E-state index in [1.54, 1.807) is 0 Å². The number of rotatable bonds is 6. The molecule has 33 heavy (non-hydrogen) atoms. The van der Waals surface area contributed by atoms with Crippen molar-refractivity contribution in [2.24, 2.45) is 0 Å². The van der Waals surface area contributed by atoms with Crippen LogP contribution >= 0.6 is 15.9 Å². The maximum absolute atomic E-state index is 13.1. The number of hydrogen-bond donors (Lipinski definition) is 0. The Balaban J connectivity index is 1.14. The van der Waals surface area contributed by atoms with Crippen LogP contribution in [0.25, 0.3) is 0 Å². The minimum Gasteiger partial charge on any atom is -0.489 e. The quantitative estimate of drug-likeness (QED) is 0.482. The van der Waals surface area contributed by atoms with Crippen LogP contribution in [0.15, 0.2) is 71.2 Å². The minimum absolute atomic E-state index is 0.0724. The van der Waals surface area contributed by atoms with E-state index in [1.165, 1.54) is 5.56 Å². The second-order valence-corrected chi connectivity index (χ2v) is 9.11. The number of amides is 1. The molecule has 1 saturated heterocycles. The highest BCUT2D eigenvalue weighted by Gasteiger charge is 2.23. The summed E-state index contributed by atoms with van der Waals surface area (Å²) in [6, 6.07) is 21.5. The van der Waals surface area contributed by atoms with E-state index >= 15 is 0 Å². The van der Waals surface area contributed by atoms with Crippen LogP contribution in [0.2, 0.25) is 0 Å². The van der Waals surface area contributed by atoms with E-state index in [1.807, 2.05) is 65.6 Å². The number of nitrogens with zero attached hydrogens (tertiary/aromatic N) is 2. The number of carbonyl (C=O) groups excluding carboxylic acids is 1. The number of carbonyl (C=O) groups is 1. The molecule has 1 fully saturated rings. The van der Waals surface area contributed by atoms with Crippen molar-refractivity contribution >= 4 is 21.8 Å². The summed E-state index contributed by atoms with van der Waals surface area (Å²) >= 11 is 3.43. The predicted molar refractivity (Wildman–Crippen MR) is 129 cm³/mol. The highest BCUT2D eigenvalue weighted by molar-refractivity contribution is 9.10. The van der Waals surface area contributed by atoms with Gasteiger partial charge < -0.3 is 19.1 Å². The Kier molecular flexibility index (Phi) is 6.51. The summed E-state index contributed by atoms with van der Waals surface area (Å²) in [6.45, 7) is 4.65. The Morgan fingerprint density at radius 1 is 0.879 bits per heavy atom. The van der Waals surface area contributed by atoms with Gasteiger partial charge in [-0.25, -0.2) is 0 Å². The molecule has 5 rings (SSSR count). The highest BCUT2D eigenvalue weighted by atomic mass is 79.9. The zero-order valence-electron chi connectivity index (χ0n) is 18.2. The van der Waals surface area contributed by atoms with E-state index < -0.39 is 0 Å². The predicted octanol–water partition coefficient (Wildman–Crippen LogP) is 4.71. The number of piperazine rings is 1. The van der Waals surface area contributed by atoms with E-state index in [4.69, 9.17) is 14.2 Å². The van der Waals surface area contributed by atoms with Gasteiger partial charge in [-0.1, -0.05) is 34.1 Å². The number of benzene rings is 3. The molecular weight excluding hydrogens is 484 g/mol. The van der Waals surface area contributed by atoms with Crippen LogP contribution in [0.4, 0.5) is 0 Å². The van der Waals surface area contributed by atoms with E-state index in [2.05, 4.69) is 26.9 Å². The lowest BCUT2D eigenvalue weighted by Crippen LogP contribution is -2.48. The topological polar surface area (TPSA) is 51.2 Å². The van der Waals surface area contributed by atoms with Gasteiger partial charge in [-0.2, -0.15) is 0 Å². The van der Waals surface area contributed by atoms with Gasteiger partial charge in [0, 0.05) is 42.8 Å². The molecule has 0 saturated carbocycles. The standard InChI is InChI=1S/C26H25BrN2O4/c27-22-5-7-23(8-6-22)31-17-20-2-1-3-21(14-20)26(30)29-12-10-28(11-13-29)16-19-4-9-24-25(15-19)33-18-32-24/h1-9,14-15H,10-13,16-18H2. The van der Waals surface area contributed by atoms with Gasteiger partial charge >= 0.3 is 0 Å². The summed E-state index contributed by atoms with van der Waals surface area (Å²) < 4.78 is 17.7. The van der Waals surface area contributed by atoms with Gasteiger partial charge in [0.1, 0.15) is 12.4 Å². The van der Waals surface area contributed by atoms with E-state index in [9.17, 15) is 4.79 Å². The molecule has 0 N–H and O–H groups in total. The van der Waals surface area contributed by atoms with E-state index in [-0.39, 0.29) is 12.7 Å². The lowest BCUT2D eigenvalue weighted by molar-refractivity contribution is 0.0628. The molecule has 3 aromatic rings. The fourth-order valence-corrected chi connectivity index (χ4v) is 4.35. The second-order valence-electron chi connectivity index (χ2n) is 8.20. The molecule has 2 aliphatic heterocycles. The molecule has 6 nitrogen and oxygen atoms in total. The van der Waals surface area contributed by atoms with Crippen LogP contribution in [0.1, 0.15) is 21.5 Å². The first-order valence-corrected chi connectivity index (χ1v) is 11.8. The average molecular weight is 509 g/mol. The molecule has 0 unspecified atom stereocenters. The average Bonchev–Trinajstić information content (AvgIpc) is 3.32. The molecule has 0 spiro atoms. The number of ether oxygens (including phenoxy) is 3. The van der Waals surface area contributed by atoms with Crippen molar-refractivity contribution in [2.45, 2.75) is 13.2 Å². The van der Waals surface area contributed by atoms with Crippen molar-refractivity contribution < 1.29 is 19.0 Å². The van der Waals surface area contributed by atoms with E-state index in [0.29, 0.717) is 25.3 Å². The third-order valence-electron chi connectivity index (χ3n) is 5.90. The van der Waals surface area contributed by atoms with Crippen molar-refractivity contribution in [3.8, 4) is 17.2 Å². The van der Waals surface area contributed by atoms with Crippen LogP contribution in [-0.4, -0.2) is 48.7 Å². The summed E-state index contributed by atoms with van der Waals surface area (Å²) in [5.41, 5.74) is 2.87. The van der Waals surface area contributed by atoms with Crippen molar-refractivity contribution in [1.29, 1.82) is 0 Å². The van der Waals surface area contributed by atoms with Crippen LogP contribution in [0.5, 0.6) is 17.2 Å². The normalized spacial score (nSPS) is 15.5. The molecule has 2 aliphatic rings. The monoisotopic (exact) mass is 508 g/mol. The fourth-order valence-electron chi connectivity index (χ4n) is 4.08. The largest absolute Gasteiger partial charge is 0.489 e. The lowest BCUT2D eigenvalue weighted by atomic mass is 10.1. The Labute approximate surface area is 201 Å². The summed E-state index contributed by atoms with van der Waals surface area (Å²) in [7, 11) is 0. The van der Waals surface area contributed by atoms with Gasteiger partial charge in [0.15, 0.2) is 11.5 Å².